The predicted molar refractivity (Wildman–Crippen MR) is 77.8 cm³/mol. The van der Waals surface area contributed by atoms with Crippen LogP contribution in [0.3, 0.4) is 0 Å². The van der Waals surface area contributed by atoms with Gasteiger partial charge in [0.1, 0.15) is 0 Å². The van der Waals surface area contributed by atoms with Gasteiger partial charge in [0.05, 0.1) is 0 Å². The summed E-state index contributed by atoms with van der Waals surface area (Å²) in [5.74, 6) is 1.21. The molecule has 0 unspecified atom stereocenters. The number of thioether (sulfide) groups is 1. The average molecular weight is 266 g/mol. The summed E-state index contributed by atoms with van der Waals surface area (Å²) in [6.45, 7) is 3.65. The molecule has 0 aliphatic rings. The van der Waals surface area contributed by atoms with Crippen LogP contribution in [0.1, 0.15) is 25.3 Å². The molecule has 0 saturated heterocycles. The summed E-state index contributed by atoms with van der Waals surface area (Å²) >= 11 is 1.83. The molecule has 0 fully saturated rings. The second kappa shape index (κ2) is 9.00. The molecule has 0 saturated carbocycles. The van der Waals surface area contributed by atoms with Crippen LogP contribution in [-0.2, 0) is 11.3 Å². The summed E-state index contributed by atoms with van der Waals surface area (Å²) < 4.78 is 0. The minimum absolute atomic E-state index is 0.122. The molecule has 1 amide bonds. The van der Waals surface area contributed by atoms with Gasteiger partial charge in [-0.2, -0.15) is 0 Å². The fourth-order valence-corrected chi connectivity index (χ4v) is 2.25. The van der Waals surface area contributed by atoms with Gasteiger partial charge in [-0.25, -0.2) is 0 Å². The minimum atomic E-state index is 0.122. The van der Waals surface area contributed by atoms with Crippen molar-refractivity contribution >= 4 is 17.7 Å². The van der Waals surface area contributed by atoms with Gasteiger partial charge in [0.15, 0.2) is 0 Å². The molecule has 0 atom stereocenters. The zero-order valence-electron chi connectivity index (χ0n) is 11.2. The Morgan fingerprint density at radius 2 is 2.00 bits per heavy atom. The van der Waals surface area contributed by atoms with Gasteiger partial charge >= 0.3 is 0 Å². The maximum atomic E-state index is 11.5. The second-order valence-corrected chi connectivity index (χ2v) is 5.40. The molecule has 3 nitrogen and oxygen atoms in total. The quantitative estimate of drug-likeness (QED) is 0.561. The number of rotatable bonds is 8. The third kappa shape index (κ3) is 6.07. The van der Waals surface area contributed by atoms with Gasteiger partial charge in [0, 0.05) is 17.9 Å². The van der Waals surface area contributed by atoms with Crippen molar-refractivity contribution < 1.29 is 4.79 Å². The first-order valence-electron chi connectivity index (χ1n) is 6.39. The molecule has 0 spiro atoms. The minimum Gasteiger partial charge on any atom is -0.352 e. The summed E-state index contributed by atoms with van der Waals surface area (Å²) in [6.07, 6.45) is 1.47. The number of hydrogen-bond acceptors (Lipinski definition) is 3. The molecule has 100 valence electrons. The SMILES string of the molecule is CCSc1ccc(CNC(=O)CCCNC)cc1. The molecule has 0 bridgehead atoms. The largest absolute Gasteiger partial charge is 0.352 e. The van der Waals surface area contributed by atoms with Crippen LogP contribution in [0, 0.1) is 0 Å². The maximum absolute atomic E-state index is 11.5. The van der Waals surface area contributed by atoms with E-state index in [1.807, 2.05) is 18.8 Å². The van der Waals surface area contributed by atoms with Crippen LogP contribution in [0.5, 0.6) is 0 Å². The topological polar surface area (TPSA) is 41.1 Å². The molecule has 4 heteroatoms. The Bertz CT molecular complexity index is 351. The normalized spacial score (nSPS) is 10.3. The van der Waals surface area contributed by atoms with Crippen LogP contribution in [0.25, 0.3) is 0 Å². The first-order chi connectivity index (χ1) is 8.76. The average Bonchev–Trinajstić information content (AvgIpc) is 2.39. The molecule has 1 aromatic rings. The third-order valence-electron chi connectivity index (χ3n) is 2.55. The monoisotopic (exact) mass is 266 g/mol. The van der Waals surface area contributed by atoms with Gasteiger partial charge in [0.2, 0.25) is 5.91 Å². The Hall–Kier alpha value is -1.00. The van der Waals surface area contributed by atoms with Gasteiger partial charge in [-0.1, -0.05) is 19.1 Å². The van der Waals surface area contributed by atoms with Crippen molar-refractivity contribution in [1.82, 2.24) is 10.6 Å². The van der Waals surface area contributed by atoms with E-state index in [2.05, 4.69) is 41.8 Å². The summed E-state index contributed by atoms with van der Waals surface area (Å²) in [5.41, 5.74) is 1.15. The van der Waals surface area contributed by atoms with Crippen LogP contribution in [0.4, 0.5) is 0 Å². The van der Waals surface area contributed by atoms with E-state index in [0.29, 0.717) is 13.0 Å². The van der Waals surface area contributed by atoms with Crippen LogP contribution in [0.15, 0.2) is 29.2 Å². The number of hydrogen-bond donors (Lipinski definition) is 2. The van der Waals surface area contributed by atoms with Gasteiger partial charge < -0.3 is 10.6 Å². The number of nitrogens with one attached hydrogen (secondary N) is 2. The zero-order valence-corrected chi connectivity index (χ0v) is 12.0. The van der Waals surface area contributed by atoms with E-state index in [9.17, 15) is 4.79 Å². The number of benzene rings is 1. The van der Waals surface area contributed by atoms with Crippen molar-refractivity contribution in [1.29, 1.82) is 0 Å². The van der Waals surface area contributed by atoms with E-state index in [4.69, 9.17) is 0 Å². The van der Waals surface area contributed by atoms with Crippen molar-refractivity contribution in [2.75, 3.05) is 19.3 Å². The molecule has 18 heavy (non-hydrogen) atoms. The van der Waals surface area contributed by atoms with Gasteiger partial charge in [-0.3, -0.25) is 4.79 Å². The molecule has 2 N–H and O–H groups in total. The molecule has 1 aromatic carbocycles. The molecular formula is C14H22N2OS. The van der Waals surface area contributed by atoms with Crippen molar-refractivity contribution in [3.8, 4) is 0 Å². The smallest absolute Gasteiger partial charge is 0.220 e. The molecule has 1 rings (SSSR count). The number of carbonyl (C=O) groups is 1. The molecule has 0 aromatic heterocycles. The van der Waals surface area contributed by atoms with E-state index >= 15 is 0 Å². The highest BCUT2D eigenvalue weighted by Gasteiger charge is 2.01. The first kappa shape index (κ1) is 15.1. The van der Waals surface area contributed by atoms with Crippen LogP contribution < -0.4 is 10.6 Å². The highest BCUT2D eigenvalue weighted by Crippen LogP contribution is 2.17. The maximum Gasteiger partial charge on any atom is 0.220 e. The fraction of sp³-hybridized carbons (Fsp3) is 0.500. The lowest BCUT2D eigenvalue weighted by molar-refractivity contribution is -0.121. The summed E-state index contributed by atoms with van der Waals surface area (Å²) in [5, 5.41) is 5.97. The Morgan fingerprint density at radius 1 is 1.28 bits per heavy atom. The summed E-state index contributed by atoms with van der Waals surface area (Å²) in [6, 6.07) is 8.37. The van der Waals surface area contributed by atoms with Gasteiger partial charge in [-0.05, 0) is 43.5 Å². The second-order valence-electron chi connectivity index (χ2n) is 4.06. The lowest BCUT2D eigenvalue weighted by Crippen LogP contribution is -2.23. The van der Waals surface area contributed by atoms with Crippen LogP contribution in [0.2, 0.25) is 0 Å². The highest BCUT2D eigenvalue weighted by molar-refractivity contribution is 7.99. The molecular weight excluding hydrogens is 244 g/mol. The third-order valence-corrected chi connectivity index (χ3v) is 3.45. The van der Waals surface area contributed by atoms with Crippen molar-refractivity contribution in [3.63, 3.8) is 0 Å². The lowest BCUT2D eigenvalue weighted by atomic mass is 10.2. The molecule has 0 aliphatic carbocycles. The van der Waals surface area contributed by atoms with E-state index in [0.717, 1.165) is 24.3 Å². The lowest BCUT2D eigenvalue weighted by Gasteiger charge is -2.06. The fourth-order valence-electron chi connectivity index (χ4n) is 1.58. The Morgan fingerprint density at radius 3 is 2.61 bits per heavy atom. The highest BCUT2D eigenvalue weighted by atomic mass is 32.2. The van der Waals surface area contributed by atoms with E-state index < -0.39 is 0 Å². The zero-order chi connectivity index (χ0) is 13.2. The van der Waals surface area contributed by atoms with Crippen molar-refractivity contribution in [3.05, 3.63) is 29.8 Å². The standard InChI is InChI=1S/C14H22N2OS/c1-3-18-13-8-6-12(7-9-13)11-16-14(17)5-4-10-15-2/h6-9,15H,3-5,10-11H2,1-2H3,(H,16,17). The molecule has 0 radical (unpaired) electrons. The molecule has 0 aliphatic heterocycles. The van der Waals surface area contributed by atoms with Crippen molar-refractivity contribution in [2.45, 2.75) is 31.2 Å². The Labute approximate surface area is 114 Å². The number of carbonyl (C=O) groups excluding carboxylic acids is 1. The summed E-state index contributed by atoms with van der Waals surface area (Å²) in [4.78, 5) is 12.8. The summed E-state index contributed by atoms with van der Waals surface area (Å²) in [7, 11) is 1.90. The van der Waals surface area contributed by atoms with E-state index in [1.54, 1.807) is 0 Å². The predicted octanol–water partition coefficient (Wildman–Crippen LogP) is 2.41. The van der Waals surface area contributed by atoms with Crippen molar-refractivity contribution in [2.24, 2.45) is 0 Å². The molecule has 0 heterocycles. The Kier molecular flexibility index (Phi) is 7.53. The first-order valence-corrected chi connectivity index (χ1v) is 7.38. The van der Waals surface area contributed by atoms with Gasteiger partial charge in [0.25, 0.3) is 0 Å². The van der Waals surface area contributed by atoms with E-state index in [1.165, 1.54) is 4.90 Å². The van der Waals surface area contributed by atoms with Crippen LogP contribution in [-0.4, -0.2) is 25.3 Å². The van der Waals surface area contributed by atoms with Crippen LogP contribution >= 0.6 is 11.8 Å². The van der Waals surface area contributed by atoms with Gasteiger partial charge in [-0.15, -0.1) is 11.8 Å². The number of amides is 1. The Balaban J connectivity index is 2.27. The van der Waals surface area contributed by atoms with E-state index in [-0.39, 0.29) is 5.91 Å².